The maximum absolute atomic E-state index is 12.9. The molecule has 0 aromatic heterocycles. The number of carbonyl (C=O) groups excluding carboxylic acids is 1. The van der Waals surface area contributed by atoms with E-state index >= 15 is 0 Å². The quantitative estimate of drug-likeness (QED) is 0.470. The van der Waals surface area contributed by atoms with Crippen LogP contribution >= 0.6 is 23.2 Å². The second-order valence-corrected chi connectivity index (χ2v) is 9.13. The van der Waals surface area contributed by atoms with E-state index in [9.17, 15) is 13.2 Å². The molecule has 0 heterocycles. The van der Waals surface area contributed by atoms with Crippen molar-refractivity contribution in [2.45, 2.75) is 11.8 Å². The summed E-state index contributed by atoms with van der Waals surface area (Å²) < 4.78 is 33.4. The summed E-state index contributed by atoms with van der Waals surface area (Å²) in [5.74, 6) is -0.158. The zero-order valence-corrected chi connectivity index (χ0v) is 19.1. The van der Waals surface area contributed by atoms with E-state index in [0.717, 1.165) is 11.6 Å². The molecule has 7 nitrogen and oxygen atoms in total. The number of sulfonamides is 1. The Hall–Kier alpha value is -3.25. The number of nitriles is 1. The zero-order chi connectivity index (χ0) is 23.3. The number of nitrogens with one attached hydrogen (secondary N) is 2. The third-order valence-electron chi connectivity index (χ3n) is 4.24. The molecule has 0 unspecified atom stereocenters. The predicted molar refractivity (Wildman–Crippen MR) is 124 cm³/mol. The lowest BCUT2D eigenvalue weighted by molar-refractivity contribution is 0.102. The van der Waals surface area contributed by atoms with Crippen molar-refractivity contribution in [3.63, 3.8) is 0 Å². The molecule has 2 N–H and O–H groups in total. The van der Waals surface area contributed by atoms with Crippen LogP contribution in [0, 0.1) is 18.3 Å². The Morgan fingerprint density at radius 1 is 1.03 bits per heavy atom. The van der Waals surface area contributed by atoms with Crippen LogP contribution < -0.4 is 14.8 Å². The van der Waals surface area contributed by atoms with Gasteiger partial charge in [0.15, 0.2) is 6.61 Å². The van der Waals surface area contributed by atoms with Crippen LogP contribution in [-0.2, 0) is 10.0 Å². The van der Waals surface area contributed by atoms with E-state index in [2.05, 4.69) is 10.0 Å². The van der Waals surface area contributed by atoms with Gasteiger partial charge in [0, 0.05) is 11.4 Å². The van der Waals surface area contributed by atoms with Crippen molar-refractivity contribution in [1.29, 1.82) is 5.26 Å². The number of hydrogen-bond donors (Lipinski definition) is 2. The first-order chi connectivity index (χ1) is 15.2. The fraction of sp³-hybridized carbons (Fsp3) is 0.0909. The van der Waals surface area contributed by atoms with Gasteiger partial charge in [-0.15, -0.1) is 0 Å². The molecule has 0 saturated heterocycles. The summed E-state index contributed by atoms with van der Waals surface area (Å²) in [5, 5.41) is 11.1. The van der Waals surface area contributed by atoms with Crippen LogP contribution in [0.1, 0.15) is 15.9 Å². The topological polar surface area (TPSA) is 108 Å². The molecule has 0 radical (unpaired) electrons. The molecule has 0 atom stereocenters. The highest BCUT2D eigenvalue weighted by Crippen LogP contribution is 2.31. The zero-order valence-electron chi connectivity index (χ0n) is 16.7. The lowest BCUT2D eigenvalue weighted by atomic mass is 10.2. The molecular weight excluding hydrogens is 473 g/mol. The van der Waals surface area contributed by atoms with E-state index in [4.69, 9.17) is 33.2 Å². The minimum absolute atomic E-state index is 0.00372. The van der Waals surface area contributed by atoms with E-state index in [1.54, 1.807) is 42.5 Å². The third kappa shape index (κ3) is 5.71. The predicted octanol–water partition coefficient (Wildman–Crippen LogP) is 5.26. The summed E-state index contributed by atoms with van der Waals surface area (Å²) in [6.07, 6.45) is 0. The number of aryl methyl sites for hydroxylation is 1. The van der Waals surface area contributed by atoms with Gasteiger partial charge in [0.25, 0.3) is 15.9 Å². The van der Waals surface area contributed by atoms with Crippen molar-refractivity contribution in [1.82, 2.24) is 0 Å². The van der Waals surface area contributed by atoms with E-state index in [1.807, 2.05) is 19.1 Å². The van der Waals surface area contributed by atoms with Gasteiger partial charge in [-0.25, -0.2) is 8.42 Å². The van der Waals surface area contributed by atoms with Crippen molar-refractivity contribution in [2.24, 2.45) is 0 Å². The fourth-order valence-corrected chi connectivity index (χ4v) is 4.69. The number of hydrogen-bond acceptors (Lipinski definition) is 5. The molecule has 0 spiro atoms. The number of benzene rings is 3. The minimum atomic E-state index is -4.08. The van der Waals surface area contributed by atoms with Crippen LogP contribution in [0.25, 0.3) is 0 Å². The monoisotopic (exact) mass is 489 g/mol. The number of ether oxygens (including phenoxy) is 1. The second kappa shape index (κ2) is 9.92. The first kappa shape index (κ1) is 23.4. The van der Waals surface area contributed by atoms with Crippen molar-refractivity contribution >= 4 is 50.5 Å². The minimum Gasteiger partial charge on any atom is -0.479 e. The Labute approximate surface area is 195 Å². The van der Waals surface area contributed by atoms with E-state index in [-0.39, 0.29) is 27.1 Å². The molecular formula is C22H17Cl2N3O4S. The van der Waals surface area contributed by atoms with Gasteiger partial charge in [-0.05, 0) is 61.0 Å². The molecule has 0 bridgehead atoms. The molecule has 0 aliphatic heterocycles. The largest absolute Gasteiger partial charge is 0.479 e. The SMILES string of the molecule is Cc1cccc(NS(=O)(=O)c2cc(C(=O)Nc3ccc(OCC#N)cc3)c(Cl)cc2Cl)c1. The van der Waals surface area contributed by atoms with Gasteiger partial charge in [0.05, 0.1) is 15.6 Å². The molecule has 0 aliphatic rings. The summed E-state index contributed by atoms with van der Waals surface area (Å²) in [6, 6.07) is 17.3. The summed E-state index contributed by atoms with van der Waals surface area (Å²) >= 11 is 12.3. The molecule has 0 fully saturated rings. The molecule has 3 aromatic carbocycles. The average Bonchev–Trinajstić information content (AvgIpc) is 2.72. The van der Waals surface area contributed by atoms with Crippen LogP contribution in [0.4, 0.5) is 11.4 Å². The van der Waals surface area contributed by atoms with Gasteiger partial charge in [-0.3, -0.25) is 9.52 Å². The van der Waals surface area contributed by atoms with Crippen LogP contribution in [-0.4, -0.2) is 20.9 Å². The standard InChI is InChI=1S/C22H17Cl2N3O4S/c1-14-3-2-4-16(11-14)27-32(29,30)21-12-18(19(23)13-20(21)24)22(28)26-15-5-7-17(8-6-15)31-10-9-25/h2-8,11-13,27H,10H2,1H3,(H,26,28). The third-order valence-corrected chi connectivity index (χ3v) is 6.40. The lowest BCUT2D eigenvalue weighted by Gasteiger charge is -2.13. The first-order valence-corrected chi connectivity index (χ1v) is 11.4. The molecule has 164 valence electrons. The van der Waals surface area contributed by atoms with Crippen molar-refractivity contribution < 1.29 is 17.9 Å². The van der Waals surface area contributed by atoms with Gasteiger partial charge < -0.3 is 10.1 Å². The number of amides is 1. The molecule has 0 saturated carbocycles. The van der Waals surface area contributed by atoms with E-state index in [1.165, 1.54) is 6.07 Å². The molecule has 3 aromatic rings. The molecule has 1 amide bonds. The molecule has 3 rings (SSSR count). The molecule has 32 heavy (non-hydrogen) atoms. The first-order valence-electron chi connectivity index (χ1n) is 9.19. The maximum Gasteiger partial charge on any atom is 0.263 e. The molecule has 0 aliphatic carbocycles. The smallest absolute Gasteiger partial charge is 0.263 e. The average molecular weight is 490 g/mol. The Kier molecular flexibility index (Phi) is 7.26. The number of rotatable bonds is 7. The summed E-state index contributed by atoms with van der Waals surface area (Å²) in [4.78, 5) is 12.5. The number of nitrogens with zero attached hydrogens (tertiary/aromatic N) is 1. The second-order valence-electron chi connectivity index (χ2n) is 6.66. The van der Waals surface area contributed by atoms with Crippen molar-refractivity contribution in [3.05, 3.63) is 81.8 Å². The van der Waals surface area contributed by atoms with Crippen molar-refractivity contribution in [2.75, 3.05) is 16.6 Å². The Balaban J connectivity index is 1.85. The van der Waals surface area contributed by atoms with Crippen LogP contribution in [0.5, 0.6) is 5.75 Å². The van der Waals surface area contributed by atoms with Crippen molar-refractivity contribution in [3.8, 4) is 11.8 Å². The number of carbonyl (C=O) groups is 1. The van der Waals surface area contributed by atoms with E-state index < -0.39 is 15.9 Å². The molecule has 10 heteroatoms. The van der Waals surface area contributed by atoms with Gasteiger partial charge in [0.2, 0.25) is 0 Å². The Morgan fingerprint density at radius 3 is 2.41 bits per heavy atom. The van der Waals surface area contributed by atoms with Crippen LogP contribution in [0.3, 0.4) is 0 Å². The Bertz CT molecular complexity index is 1300. The van der Waals surface area contributed by atoms with Gasteiger partial charge in [-0.2, -0.15) is 5.26 Å². The summed E-state index contributed by atoms with van der Waals surface area (Å²) in [7, 11) is -4.08. The number of halogens is 2. The van der Waals surface area contributed by atoms with Gasteiger partial charge >= 0.3 is 0 Å². The normalized spacial score (nSPS) is 10.8. The van der Waals surface area contributed by atoms with Crippen LogP contribution in [0.2, 0.25) is 10.0 Å². The highest BCUT2D eigenvalue weighted by Gasteiger charge is 2.23. The van der Waals surface area contributed by atoms with Crippen LogP contribution in [0.15, 0.2) is 65.6 Å². The van der Waals surface area contributed by atoms with Gasteiger partial charge in [0.1, 0.15) is 16.7 Å². The Morgan fingerprint density at radius 2 is 1.75 bits per heavy atom. The number of anilines is 2. The lowest BCUT2D eigenvalue weighted by Crippen LogP contribution is -2.17. The van der Waals surface area contributed by atoms with E-state index in [0.29, 0.717) is 17.1 Å². The fourth-order valence-electron chi connectivity index (χ4n) is 2.78. The van der Waals surface area contributed by atoms with Gasteiger partial charge in [-0.1, -0.05) is 35.3 Å². The summed E-state index contributed by atoms with van der Waals surface area (Å²) in [5.41, 5.74) is 1.59. The maximum atomic E-state index is 12.9. The highest BCUT2D eigenvalue weighted by atomic mass is 35.5. The highest BCUT2D eigenvalue weighted by molar-refractivity contribution is 7.92. The summed E-state index contributed by atoms with van der Waals surface area (Å²) in [6.45, 7) is 1.73.